The van der Waals surface area contributed by atoms with Crippen LogP contribution in [0.1, 0.15) is 33.6 Å². The van der Waals surface area contributed by atoms with Gasteiger partial charge in [-0.25, -0.2) is 4.79 Å². The maximum atomic E-state index is 11.8. The van der Waals surface area contributed by atoms with Crippen molar-refractivity contribution in [2.45, 2.75) is 58.0 Å². The second-order valence-corrected chi connectivity index (χ2v) is 5.02. The lowest BCUT2D eigenvalue weighted by atomic mass is 10.0. The maximum absolute atomic E-state index is 11.8. The predicted molar refractivity (Wildman–Crippen MR) is 75.3 cm³/mol. The van der Waals surface area contributed by atoms with Gasteiger partial charge in [-0.1, -0.05) is 12.2 Å². The third-order valence-corrected chi connectivity index (χ3v) is 3.27. The van der Waals surface area contributed by atoms with Crippen LogP contribution < -0.4 is 0 Å². The fourth-order valence-electron chi connectivity index (χ4n) is 1.73. The summed E-state index contributed by atoms with van der Waals surface area (Å²) in [6.45, 7) is 4.81. The van der Waals surface area contributed by atoms with Crippen molar-refractivity contribution in [1.29, 1.82) is 0 Å². The van der Waals surface area contributed by atoms with Crippen LogP contribution in [0, 0.1) is 0 Å². The van der Waals surface area contributed by atoms with Gasteiger partial charge in [0.15, 0.2) is 6.10 Å². The van der Waals surface area contributed by atoms with Gasteiger partial charge in [0.25, 0.3) is 0 Å². The van der Waals surface area contributed by atoms with E-state index < -0.39 is 30.4 Å². The number of cyclic esters (lactones) is 1. The van der Waals surface area contributed by atoms with Crippen LogP contribution in [0.2, 0.25) is 0 Å². The molecule has 0 amide bonds. The lowest BCUT2D eigenvalue weighted by Gasteiger charge is -2.29. The molecule has 21 heavy (non-hydrogen) atoms. The van der Waals surface area contributed by atoms with Crippen molar-refractivity contribution in [2.75, 3.05) is 0 Å². The molecule has 0 spiro atoms. The number of carbonyl (C=O) groups excluding carboxylic acids is 2. The molecule has 1 aliphatic rings. The first-order chi connectivity index (χ1) is 9.85. The van der Waals surface area contributed by atoms with Gasteiger partial charge in [0.1, 0.15) is 6.10 Å². The summed E-state index contributed by atoms with van der Waals surface area (Å²) in [4.78, 5) is 23.1. The number of esters is 2. The lowest BCUT2D eigenvalue weighted by molar-refractivity contribution is -0.170. The van der Waals surface area contributed by atoms with Crippen molar-refractivity contribution < 1.29 is 29.3 Å². The molecular weight excluding hydrogens is 276 g/mol. The van der Waals surface area contributed by atoms with Gasteiger partial charge in [0, 0.05) is 12.0 Å². The Kier molecular flexibility index (Phi) is 6.58. The minimum absolute atomic E-state index is 0.177. The monoisotopic (exact) mass is 298 g/mol. The van der Waals surface area contributed by atoms with Gasteiger partial charge in [0.05, 0.1) is 12.2 Å². The second-order valence-electron chi connectivity index (χ2n) is 5.02. The van der Waals surface area contributed by atoms with Gasteiger partial charge in [-0.3, -0.25) is 4.79 Å². The van der Waals surface area contributed by atoms with Crippen molar-refractivity contribution in [3.05, 3.63) is 23.8 Å². The normalized spacial score (nSPS) is 26.3. The van der Waals surface area contributed by atoms with Gasteiger partial charge < -0.3 is 19.7 Å². The van der Waals surface area contributed by atoms with Crippen LogP contribution in [0.25, 0.3) is 0 Å². The molecule has 0 radical (unpaired) electrons. The zero-order chi connectivity index (χ0) is 16.0. The Morgan fingerprint density at radius 1 is 1.48 bits per heavy atom. The lowest BCUT2D eigenvalue weighted by Crippen LogP contribution is -2.39. The zero-order valence-corrected chi connectivity index (χ0v) is 12.5. The molecule has 2 N–H and O–H groups in total. The Balaban J connectivity index is 2.75. The van der Waals surface area contributed by atoms with Crippen LogP contribution >= 0.6 is 0 Å². The molecule has 1 fully saturated rings. The highest BCUT2D eigenvalue weighted by Gasteiger charge is 2.32. The minimum Gasteiger partial charge on any atom is -0.455 e. The molecule has 6 nitrogen and oxygen atoms in total. The predicted octanol–water partition coefficient (Wildman–Crippen LogP) is 0.868. The van der Waals surface area contributed by atoms with Crippen molar-refractivity contribution in [1.82, 2.24) is 0 Å². The maximum Gasteiger partial charge on any atom is 0.333 e. The Hall–Kier alpha value is -1.66. The molecule has 1 rings (SSSR count). The second kappa shape index (κ2) is 7.95. The third-order valence-electron chi connectivity index (χ3n) is 3.27. The third kappa shape index (κ3) is 5.32. The first kappa shape index (κ1) is 17.4. The van der Waals surface area contributed by atoms with E-state index >= 15 is 0 Å². The van der Waals surface area contributed by atoms with E-state index in [1.54, 1.807) is 19.9 Å². The first-order valence-corrected chi connectivity index (χ1v) is 6.93. The summed E-state index contributed by atoms with van der Waals surface area (Å²) < 4.78 is 10.4. The molecule has 0 aromatic heterocycles. The van der Waals surface area contributed by atoms with Crippen molar-refractivity contribution in [3.63, 3.8) is 0 Å². The standard InChI is InChI=1S/C15H22O6/c1-4-9(2)15(19)21-13-7-8-14(18)20-12(13)6-5-11(17)10(3)16/h4-6,10-13,16-17H,7-8H2,1-3H3/b6-5+,9-4+/t10-,11+,12+,13-/m1/s1. The van der Waals surface area contributed by atoms with E-state index in [9.17, 15) is 19.8 Å². The molecule has 118 valence electrons. The van der Waals surface area contributed by atoms with Crippen LogP contribution in [0.3, 0.4) is 0 Å². The number of ether oxygens (including phenoxy) is 2. The average Bonchev–Trinajstić information content (AvgIpc) is 2.45. The largest absolute Gasteiger partial charge is 0.455 e. The number of hydrogen-bond donors (Lipinski definition) is 2. The molecule has 0 saturated carbocycles. The van der Waals surface area contributed by atoms with Crippen LogP contribution in [0.15, 0.2) is 23.8 Å². The van der Waals surface area contributed by atoms with Crippen molar-refractivity contribution in [3.8, 4) is 0 Å². The Morgan fingerprint density at radius 2 is 2.14 bits per heavy atom. The SMILES string of the molecule is C/C=C(\C)C(=O)O[C@@H]1CCC(=O)O[C@H]1/C=C/[C@H](O)[C@@H](C)O. The smallest absolute Gasteiger partial charge is 0.333 e. The molecule has 0 bridgehead atoms. The summed E-state index contributed by atoms with van der Waals surface area (Å²) in [5.74, 6) is -0.846. The number of carbonyl (C=O) groups is 2. The summed E-state index contributed by atoms with van der Waals surface area (Å²) >= 11 is 0. The summed E-state index contributed by atoms with van der Waals surface area (Å²) in [7, 11) is 0. The van der Waals surface area contributed by atoms with E-state index in [2.05, 4.69) is 0 Å². The summed E-state index contributed by atoms with van der Waals surface area (Å²) in [5, 5.41) is 18.7. The van der Waals surface area contributed by atoms with Gasteiger partial charge >= 0.3 is 11.9 Å². The molecule has 0 unspecified atom stereocenters. The number of hydrogen-bond acceptors (Lipinski definition) is 6. The van der Waals surface area contributed by atoms with E-state index in [1.807, 2.05) is 0 Å². The first-order valence-electron chi connectivity index (χ1n) is 6.93. The highest BCUT2D eigenvalue weighted by molar-refractivity contribution is 5.87. The summed E-state index contributed by atoms with van der Waals surface area (Å²) in [5.41, 5.74) is 0.471. The minimum atomic E-state index is -1.07. The Bertz CT molecular complexity index is 437. The van der Waals surface area contributed by atoms with E-state index in [4.69, 9.17) is 9.47 Å². The molecule has 4 atom stereocenters. The molecule has 1 saturated heterocycles. The highest BCUT2D eigenvalue weighted by Crippen LogP contribution is 2.21. The van der Waals surface area contributed by atoms with Gasteiger partial charge in [-0.15, -0.1) is 0 Å². The Labute approximate surface area is 124 Å². The van der Waals surface area contributed by atoms with E-state index in [0.29, 0.717) is 12.0 Å². The van der Waals surface area contributed by atoms with Crippen LogP contribution in [0.5, 0.6) is 0 Å². The Morgan fingerprint density at radius 3 is 2.71 bits per heavy atom. The van der Waals surface area contributed by atoms with E-state index in [1.165, 1.54) is 19.1 Å². The van der Waals surface area contributed by atoms with E-state index in [-0.39, 0.29) is 12.4 Å². The molecule has 0 aliphatic carbocycles. The number of rotatable bonds is 5. The van der Waals surface area contributed by atoms with Crippen molar-refractivity contribution >= 4 is 11.9 Å². The fourth-order valence-corrected chi connectivity index (χ4v) is 1.73. The molecule has 0 aromatic carbocycles. The van der Waals surface area contributed by atoms with Gasteiger partial charge in [-0.2, -0.15) is 0 Å². The highest BCUT2D eigenvalue weighted by atomic mass is 16.6. The molecular formula is C15H22O6. The molecule has 1 heterocycles. The quantitative estimate of drug-likeness (QED) is 0.444. The average molecular weight is 298 g/mol. The number of allylic oxidation sites excluding steroid dienone is 1. The fraction of sp³-hybridized carbons (Fsp3) is 0.600. The summed E-state index contributed by atoms with van der Waals surface area (Å²) in [6.07, 6.45) is 1.59. The van der Waals surface area contributed by atoms with Crippen molar-refractivity contribution in [2.24, 2.45) is 0 Å². The number of aliphatic hydroxyl groups excluding tert-OH is 2. The van der Waals surface area contributed by atoms with Crippen LogP contribution in [0.4, 0.5) is 0 Å². The van der Waals surface area contributed by atoms with Gasteiger partial charge in [-0.05, 0) is 33.3 Å². The van der Waals surface area contributed by atoms with E-state index in [0.717, 1.165) is 0 Å². The summed E-state index contributed by atoms with van der Waals surface area (Å²) in [6, 6.07) is 0. The molecule has 1 aliphatic heterocycles. The molecule has 0 aromatic rings. The zero-order valence-electron chi connectivity index (χ0n) is 12.5. The van der Waals surface area contributed by atoms with Crippen LogP contribution in [-0.2, 0) is 19.1 Å². The molecule has 6 heteroatoms. The van der Waals surface area contributed by atoms with Gasteiger partial charge in [0.2, 0.25) is 0 Å². The topological polar surface area (TPSA) is 93.1 Å². The van der Waals surface area contributed by atoms with Crippen LogP contribution in [-0.4, -0.2) is 46.6 Å². The number of aliphatic hydroxyl groups is 2.